The maximum atomic E-state index is 4.55. The molecular formula is C12H22N2O. The molecule has 0 atom stereocenters. The van der Waals surface area contributed by atoms with Gasteiger partial charge in [-0.3, -0.25) is 0 Å². The van der Waals surface area contributed by atoms with Gasteiger partial charge < -0.3 is 0 Å². The molecule has 15 heavy (non-hydrogen) atoms. The van der Waals surface area contributed by atoms with E-state index in [-0.39, 0.29) is 0 Å². The van der Waals surface area contributed by atoms with Crippen LogP contribution < -0.4 is 0 Å². The maximum Gasteiger partial charge on any atom is 0.137 e. The Morgan fingerprint density at radius 2 is 1.13 bits per heavy atom. The minimum Gasteiger partial charge on any atom is -0.243 e. The van der Waals surface area contributed by atoms with Gasteiger partial charge in [0, 0.05) is 0 Å². The second-order valence-electron chi connectivity index (χ2n) is 2.52. The van der Waals surface area contributed by atoms with E-state index in [4.69, 9.17) is 0 Å². The van der Waals surface area contributed by atoms with Crippen LogP contribution in [0.3, 0.4) is 0 Å². The quantitative estimate of drug-likeness (QED) is 0.734. The molecule has 0 fully saturated rings. The maximum absolute atomic E-state index is 4.55. The SMILES string of the molecule is C=C(C)c1nonc1C(=C)C.CC.CC. The van der Waals surface area contributed by atoms with E-state index in [0.717, 1.165) is 11.1 Å². The Hall–Kier alpha value is -1.38. The molecule has 0 amide bonds. The third-order valence-corrected chi connectivity index (χ3v) is 1.30. The van der Waals surface area contributed by atoms with Crippen molar-refractivity contribution in [2.75, 3.05) is 0 Å². The number of rotatable bonds is 2. The number of hydrogen-bond acceptors (Lipinski definition) is 3. The largest absolute Gasteiger partial charge is 0.243 e. The first-order valence-electron chi connectivity index (χ1n) is 5.27. The molecule has 0 unspecified atom stereocenters. The van der Waals surface area contributed by atoms with Crippen molar-refractivity contribution >= 4 is 11.1 Å². The molecule has 0 saturated carbocycles. The van der Waals surface area contributed by atoms with Crippen molar-refractivity contribution in [2.24, 2.45) is 0 Å². The Balaban J connectivity index is 0. The van der Waals surface area contributed by atoms with Gasteiger partial charge >= 0.3 is 0 Å². The highest BCUT2D eigenvalue weighted by molar-refractivity contribution is 5.71. The molecule has 0 aliphatic rings. The fourth-order valence-electron chi connectivity index (χ4n) is 0.749. The summed E-state index contributed by atoms with van der Waals surface area (Å²) in [5.41, 5.74) is 3.06. The molecule has 0 radical (unpaired) electrons. The highest BCUT2D eigenvalue weighted by Crippen LogP contribution is 2.18. The molecule has 0 bridgehead atoms. The van der Waals surface area contributed by atoms with E-state index in [1.807, 2.05) is 41.5 Å². The number of hydrogen-bond donors (Lipinski definition) is 0. The molecular weight excluding hydrogens is 188 g/mol. The van der Waals surface area contributed by atoms with Gasteiger partial charge in [0.2, 0.25) is 0 Å². The van der Waals surface area contributed by atoms with E-state index in [1.54, 1.807) is 0 Å². The monoisotopic (exact) mass is 210 g/mol. The van der Waals surface area contributed by atoms with E-state index in [0.29, 0.717) is 11.4 Å². The van der Waals surface area contributed by atoms with Gasteiger partial charge in [0.15, 0.2) is 0 Å². The molecule has 3 heteroatoms. The van der Waals surface area contributed by atoms with E-state index >= 15 is 0 Å². The molecule has 1 aromatic heterocycles. The van der Waals surface area contributed by atoms with Crippen LogP contribution in [-0.2, 0) is 0 Å². The summed E-state index contributed by atoms with van der Waals surface area (Å²) in [6.45, 7) is 19.2. The lowest BCUT2D eigenvalue weighted by Crippen LogP contribution is -1.85. The first kappa shape index (κ1) is 16.1. The van der Waals surface area contributed by atoms with Gasteiger partial charge in [0.05, 0.1) is 0 Å². The van der Waals surface area contributed by atoms with E-state index < -0.39 is 0 Å². The van der Waals surface area contributed by atoms with Crippen LogP contribution in [0.25, 0.3) is 11.1 Å². The molecule has 1 heterocycles. The van der Waals surface area contributed by atoms with Crippen LogP contribution in [0.5, 0.6) is 0 Å². The lowest BCUT2D eigenvalue weighted by Gasteiger charge is -1.93. The van der Waals surface area contributed by atoms with Gasteiger partial charge in [0.25, 0.3) is 0 Å². The molecule has 86 valence electrons. The summed E-state index contributed by atoms with van der Waals surface area (Å²) in [5, 5.41) is 7.38. The molecule has 3 nitrogen and oxygen atoms in total. The van der Waals surface area contributed by atoms with Gasteiger partial charge in [-0.15, -0.1) is 0 Å². The molecule has 0 aromatic carbocycles. The first-order valence-corrected chi connectivity index (χ1v) is 5.27. The summed E-state index contributed by atoms with van der Waals surface area (Å²) in [7, 11) is 0. The normalized spacial score (nSPS) is 7.87. The summed E-state index contributed by atoms with van der Waals surface area (Å²) in [5.74, 6) is 0. The van der Waals surface area contributed by atoms with Crippen molar-refractivity contribution in [3.63, 3.8) is 0 Å². The molecule has 0 N–H and O–H groups in total. The van der Waals surface area contributed by atoms with Crippen LogP contribution in [0.2, 0.25) is 0 Å². The van der Waals surface area contributed by atoms with Gasteiger partial charge in [0.1, 0.15) is 11.4 Å². The smallest absolute Gasteiger partial charge is 0.137 e. The number of allylic oxidation sites excluding steroid dienone is 2. The second kappa shape index (κ2) is 9.19. The average molecular weight is 210 g/mol. The lowest BCUT2D eigenvalue weighted by atomic mass is 10.1. The molecule has 1 rings (SSSR count). The first-order chi connectivity index (χ1) is 7.13. The zero-order valence-electron chi connectivity index (χ0n) is 10.7. The number of nitrogens with zero attached hydrogens (tertiary/aromatic N) is 2. The average Bonchev–Trinajstić information content (AvgIpc) is 2.72. The predicted molar refractivity (Wildman–Crippen MR) is 66.4 cm³/mol. The Kier molecular flexibility index (Phi) is 9.84. The fourth-order valence-corrected chi connectivity index (χ4v) is 0.749. The van der Waals surface area contributed by atoms with Crippen molar-refractivity contribution in [3.8, 4) is 0 Å². The molecule has 0 spiro atoms. The second-order valence-corrected chi connectivity index (χ2v) is 2.52. The van der Waals surface area contributed by atoms with Crippen LogP contribution in [0.15, 0.2) is 17.8 Å². The van der Waals surface area contributed by atoms with Crippen LogP contribution in [0.4, 0.5) is 0 Å². The van der Waals surface area contributed by atoms with Crippen molar-refractivity contribution < 1.29 is 4.63 Å². The van der Waals surface area contributed by atoms with Crippen molar-refractivity contribution in [2.45, 2.75) is 41.5 Å². The summed E-state index contributed by atoms with van der Waals surface area (Å²) >= 11 is 0. The van der Waals surface area contributed by atoms with Gasteiger partial charge in [-0.2, -0.15) is 0 Å². The third-order valence-electron chi connectivity index (χ3n) is 1.30. The zero-order valence-corrected chi connectivity index (χ0v) is 10.7. The highest BCUT2D eigenvalue weighted by atomic mass is 16.6. The van der Waals surface area contributed by atoms with Crippen LogP contribution in [0.1, 0.15) is 52.9 Å². The van der Waals surface area contributed by atoms with Crippen molar-refractivity contribution in [3.05, 3.63) is 24.5 Å². The van der Waals surface area contributed by atoms with Crippen molar-refractivity contribution in [1.82, 2.24) is 10.3 Å². The Bertz CT molecular complexity index is 272. The molecule has 1 aromatic rings. The van der Waals surface area contributed by atoms with E-state index in [2.05, 4.69) is 28.1 Å². The number of aromatic nitrogens is 2. The van der Waals surface area contributed by atoms with Crippen LogP contribution in [-0.4, -0.2) is 10.3 Å². The predicted octanol–water partition coefficient (Wildman–Crippen LogP) is 4.19. The van der Waals surface area contributed by atoms with E-state index in [9.17, 15) is 0 Å². The summed E-state index contributed by atoms with van der Waals surface area (Å²) in [4.78, 5) is 0. The van der Waals surface area contributed by atoms with Gasteiger partial charge in [-0.1, -0.05) is 40.9 Å². The Morgan fingerprint density at radius 1 is 0.867 bits per heavy atom. The topological polar surface area (TPSA) is 38.9 Å². The van der Waals surface area contributed by atoms with Gasteiger partial charge in [-0.05, 0) is 35.3 Å². The van der Waals surface area contributed by atoms with Gasteiger partial charge in [-0.25, -0.2) is 4.63 Å². The standard InChI is InChI=1S/C8H10N2O.2C2H6/c1-5(2)7-8(6(3)4)10-11-9-7;2*1-2/h1,3H2,2,4H3;2*1-2H3. The molecule has 0 saturated heterocycles. The minimum atomic E-state index is 0.692. The summed E-state index contributed by atoms with van der Waals surface area (Å²) in [6.07, 6.45) is 0. The Morgan fingerprint density at radius 3 is 1.33 bits per heavy atom. The van der Waals surface area contributed by atoms with Crippen LogP contribution >= 0.6 is 0 Å². The minimum absolute atomic E-state index is 0.692. The fraction of sp³-hybridized carbons (Fsp3) is 0.500. The lowest BCUT2D eigenvalue weighted by molar-refractivity contribution is 0.305. The zero-order chi connectivity index (χ0) is 12.4. The van der Waals surface area contributed by atoms with E-state index in [1.165, 1.54) is 0 Å². The molecule has 0 aliphatic carbocycles. The molecule has 0 aliphatic heterocycles. The Labute approximate surface area is 92.8 Å². The third kappa shape index (κ3) is 5.15. The highest BCUT2D eigenvalue weighted by Gasteiger charge is 2.09. The summed E-state index contributed by atoms with van der Waals surface area (Å²) < 4.78 is 4.55. The summed E-state index contributed by atoms with van der Waals surface area (Å²) in [6, 6.07) is 0. The van der Waals surface area contributed by atoms with Crippen LogP contribution in [0, 0.1) is 0 Å². The van der Waals surface area contributed by atoms with Crippen molar-refractivity contribution in [1.29, 1.82) is 0 Å².